The minimum atomic E-state index is 0.644. The van der Waals surface area contributed by atoms with Gasteiger partial charge in [-0.1, -0.05) is 6.42 Å². The molecule has 2 fully saturated rings. The van der Waals surface area contributed by atoms with Crippen LogP contribution in [0.15, 0.2) is 12.7 Å². The molecule has 1 saturated heterocycles. The molecule has 1 aromatic rings. The van der Waals surface area contributed by atoms with Gasteiger partial charge in [0.15, 0.2) is 0 Å². The Morgan fingerprint density at radius 1 is 0.765 bits per heavy atom. The van der Waals surface area contributed by atoms with Crippen molar-refractivity contribution in [3.8, 4) is 0 Å². The van der Waals surface area contributed by atoms with Gasteiger partial charge < -0.3 is 9.47 Å². The molecule has 4 heteroatoms. The van der Waals surface area contributed by atoms with Crippen LogP contribution in [0.5, 0.6) is 0 Å². The van der Waals surface area contributed by atoms with Gasteiger partial charge in [0.25, 0.3) is 0 Å². The number of piperidine rings is 1. The van der Waals surface area contributed by atoms with Crippen LogP contribution >= 0.6 is 0 Å². The molecule has 4 nitrogen and oxygen atoms in total. The lowest BCUT2D eigenvalue weighted by Crippen LogP contribution is -2.41. The monoisotopic (exact) mass is 234 g/mol. The van der Waals surface area contributed by atoms with Crippen LogP contribution in [0, 0.1) is 0 Å². The molecule has 2 heterocycles. The summed E-state index contributed by atoms with van der Waals surface area (Å²) in [5.74, 6) is 0. The molecule has 0 N–H and O–H groups in total. The van der Waals surface area contributed by atoms with Crippen molar-refractivity contribution in [2.75, 3.05) is 13.1 Å². The van der Waals surface area contributed by atoms with Gasteiger partial charge in [0, 0.05) is 12.1 Å². The lowest BCUT2D eigenvalue weighted by molar-refractivity contribution is 0.116. The summed E-state index contributed by atoms with van der Waals surface area (Å²) in [4.78, 5) is 2.73. The Kier molecular flexibility index (Phi) is 3.41. The molecule has 0 bridgehead atoms. The quantitative estimate of drug-likeness (QED) is 0.787. The smallest absolute Gasteiger partial charge is 0.119 e. The third-order valence-electron chi connectivity index (χ3n) is 4.43. The molecule has 1 saturated carbocycles. The van der Waals surface area contributed by atoms with Gasteiger partial charge in [0.1, 0.15) is 12.7 Å². The van der Waals surface area contributed by atoms with Gasteiger partial charge in [-0.05, 0) is 51.6 Å². The number of nitrogens with zero attached hydrogens (tertiary/aromatic N) is 4. The molecule has 3 rings (SSSR count). The predicted molar refractivity (Wildman–Crippen MR) is 66.7 cm³/mol. The molecule has 17 heavy (non-hydrogen) atoms. The van der Waals surface area contributed by atoms with Gasteiger partial charge in [-0.2, -0.15) is 0 Å². The van der Waals surface area contributed by atoms with E-state index in [2.05, 4.69) is 19.7 Å². The van der Waals surface area contributed by atoms with E-state index in [1.807, 2.05) is 12.7 Å². The third kappa shape index (κ3) is 2.51. The SMILES string of the molecule is c1nncn1C1CCC(N2CCCCC2)CC1. The largest absolute Gasteiger partial charge is 0.317 e. The predicted octanol–water partition coefficient (Wildman–Crippen LogP) is 2.25. The summed E-state index contributed by atoms with van der Waals surface area (Å²) in [6.07, 6.45) is 13.3. The fraction of sp³-hybridized carbons (Fsp3) is 0.846. The summed E-state index contributed by atoms with van der Waals surface area (Å²) in [5, 5.41) is 7.82. The van der Waals surface area contributed by atoms with Crippen molar-refractivity contribution in [1.29, 1.82) is 0 Å². The first-order valence-electron chi connectivity index (χ1n) is 7.01. The van der Waals surface area contributed by atoms with E-state index in [1.54, 1.807) is 0 Å². The average molecular weight is 234 g/mol. The zero-order valence-corrected chi connectivity index (χ0v) is 10.5. The van der Waals surface area contributed by atoms with E-state index < -0.39 is 0 Å². The minimum absolute atomic E-state index is 0.644. The highest BCUT2D eigenvalue weighted by atomic mass is 15.2. The van der Waals surface area contributed by atoms with Crippen LogP contribution in [0.25, 0.3) is 0 Å². The highest BCUT2D eigenvalue weighted by molar-refractivity contribution is 4.84. The highest BCUT2D eigenvalue weighted by Gasteiger charge is 2.27. The molecule has 2 aliphatic rings. The van der Waals surface area contributed by atoms with Crippen molar-refractivity contribution in [3.63, 3.8) is 0 Å². The Morgan fingerprint density at radius 3 is 2.00 bits per heavy atom. The van der Waals surface area contributed by atoms with E-state index >= 15 is 0 Å². The van der Waals surface area contributed by atoms with E-state index in [0.29, 0.717) is 6.04 Å². The van der Waals surface area contributed by atoms with Crippen LogP contribution in [-0.2, 0) is 0 Å². The van der Waals surface area contributed by atoms with Gasteiger partial charge in [0.2, 0.25) is 0 Å². The molecular formula is C13H22N4. The standard InChI is InChI=1S/C13H22N4/c1-2-8-16(9-3-1)12-4-6-13(7-5-12)17-10-14-15-11-17/h10-13H,1-9H2. The Bertz CT molecular complexity index is 321. The van der Waals surface area contributed by atoms with Gasteiger partial charge >= 0.3 is 0 Å². The topological polar surface area (TPSA) is 34.0 Å². The second kappa shape index (κ2) is 5.17. The highest BCUT2D eigenvalue weighted by Crippen LogP contribution is 2.31. The second-order valence-corrected chi connectivity index (χ2v) is 5.47. The maximum absolute atomic E-state index is 3.91. The zero-order chi connectivity index (χ0) is 11.5. The first-order chi connectivity index (χ1) is 8.43. The fourth-order valence-electron chi connectivity index (χ4n) is 3.40. The first-order valence-corrected chi connectivity index (χ1v) is 7.01. The van der Waals surface area contributed by atoms with E-state index in [1.165, 1.54) is 58.0 Å². The second-order valence-electron chi connectivity index (χ2n) is 5.47. The molecule has 0 unspecified atom stereocenters. The van der Waals surface area contributed by atoms with Crippen LogP contribution < -0.4 is 0 Å². The Hall–Kier alpha value is -0.900. The van der Waals surface area contributed by atoms with Crippen LogP contribution in [0.4, 0.5) is 0 Å². The molecule has 1 aliphatic heterocycles. The summed E-state index contributed by atoms with van der Waals surface area (Å²) < 4.78 is 2.19. The van der Waals surface area contributed by atoms with E-state index in [0.717, 1.165) is 6.04 Å². The minimum Gasteiger partial charge on any atom is -0.317 e. The van der Waals surface area contributed by atoms with Crippen molar-refractivity contribution in [1.82, 2.24) is 19.7 Å². The number of hydrogen-bond donors (Lipinski definition) is 0. The summed E-state index contributed by atoms with van der Waals surface area (Å²) in [6, 6.07) is 1.49. The summed E-state index contributed by atoms with van der Waals surface area (Å²) in [6.45, 7) is 2.67. The van der Waals surface area contributed by atoms with Gasteiger partial charge in [-0.3, -0.25) is 0 Å². The molecule has 0 atom stereocenters. The fourth-order valence-corrected chi connectivity index (χ4v) is 3.40. The molecule has 94 valence electrons. The Morgan fingerprint density at radius 2 is 1.35 bits per heavy atom. The lowest BCUT2D eigenvalue weighted by atomic mass is 9.89. The number of rotatable bonds is 2. The van der Waals surface area contributed by atoms with Crippen LogP contribution in [-0.4, -0.2) is 38.8 Å². The van der Waals surface area contributed by atoms with Crippen molar-refractivity contribution < 1.29 is 0 Å². The summed E-state index contributed by atoms with van der Waals surface area (Å²) >= 11 is 0. The van der Waals surface area contributed by atoms with Gasteiger partial charge in [-0.15, -0.1) is 10.2 Å². The first kappa shape index (κ1) is 11.2. The molecule has 0 radical (unpaired) electrons. The maximum Gasteiger partial charge on any atom is 0.119 e. The van der Waals surface area contributed by atoms with Crippen LogP contribution in [0.2, 0.25) is 0 Å². The van der Waals surface area contributed by atoms with Crippen LogP contribution in [0.1, 0.15) is 51.0 Å². The molecule has 0 aromatic carbocycles. The molecular weight excluding hydrogens is 212 g/mol. The maximum atomic E-state index is 3.91. The zero-order valence-electron chi connectivity index (χ0n) is 10.5. The Labute approximate surface area is 103 Å². The lowest BCUT2D eigenvalue weighted by Gasteiger charge is -2.39. The Balaban J connectivity index is 1.53. The number of hydrogen-bond acceptors (Lipinski definition) is 3. The molecule has 1 aliphatic carbocycles. The van der Waals surface area contributed by atoms with Crippen molar-refractivity contribution in [3.05, 3.63) is 12.7 Å². The summed E-state index contributed by atoms with van der Waals surface area (Å²) in [7, 11) is 0. The number of aromatic nitrogens is 3. The van der Waals surface area contributed by atoms with Crippen molar-refractivity contribution in [2.24, 2.45) is 0 Å². The van der Waals surface area contributed by atoms with Crippen molar-refractivity contribution in [2.45, 2.75) is 57.0 Å². The average Bonchev–Trinajstić information content (AvgIpc) is 2.94. The van der Waals surface area contributed by atoms with E-state index in [9.17, 15) is 0 Å². The number of likely N-dealkylation sites (tertiary alicyclic amines) is 1. The molecule has 1 aromatic heterocycles. The van der Waals surface area contributed by atoms with Crippen LogP contribution in [0.3, 0.4) is 0 Å². The van der Waals surface area contributed by atoms with Gasteiger partial charge in [-0.25, -0.2) is 0 Å². The third-order valence-corrected chi connectivity index (χ3v) is 4.43. The normalized spacial score (nSPS) is 31.5. The van der Waals surface area contributed by atoms with E-state index in [-0.39, 0.29) is 0 Å². The van der Waals surface area contributed by atoms with Crippen molar-refractivity contribution >= 4 is 0 Å². The van der Waals surface area contributed by atoms with E-state index in [4.69, 9.17) is 0 Å². The summed E-state index contributed by atoms with van der Waals surface area (Å²) in [5.41, 5.74) is 0. The molecule has 0 amide bonds. The molecule has 0 spiro atoms. The van der Waals surface area contributed by atoms with Gasteiger partial charge in [0.05, 0.1) is 0 Å².